The first-order valence-corrected chi connectivity index (χ1v) is 11.7. The number of rotatable bonds is 4. The van der Waals surface area contributed by atoms with E-state index in [0.717, 1.165) is 30.5 Å². The van der Waals surface area contributed by atoms with Crippen molar-refractivity contribution in [1.82, 2.24) is 19.9 Å². The first-order valence-electron chi connectivity index (χ1n) is 11.7. The molecule has 36 heavy (non-hydrogen) atoms. The van der Waals surface area contributed by atoms with Crippen LogP contribution >= 0.6 is 0 Å². The van der Waals surface area contributed by atoms with Crippen LogP contribution in [0.3, 0.4) is 0 Å². The number of aromatic nitrogens is 3. The lowest BCUT2D eigenvalue weighted by molar-refractivity contribution is -0.137. The van der Waals surface area contributed by atoms with Gasteiger partial charge in [-0.1, -0.05) is 6.07 Å². The van der Waals surface area contributed by atoms with Crippen molar-refractivity contribution in [1.29, 1.82) is 0 Å². The molecule has 1 amide bonds. The van der Waals surface area contributed by atoms with Gasteiger partial charge in [0, 0.05) is 48.7 Å². The molecule has 0 saturated carbocycles. The average molecular weight is 500 g/mol. The van der Waals surface area contributed by atoms with Crippen LogP contribution in [-0.4, -0.2) is 44.6 Å². The molecule has 190 valence electrons. The second-order valence-electron chi connectivity index (χ2n) is 9.70. The Kier molecular flexibility index (Phi) is 7.14. The molecule has 3 heterocycles. The Bertz CT molecular complexity index is 1210. The van der Waals surface area contributed by atoms with Crippen LogP contribution in [-0.2, 0) is 10.9 Å². The highest BCUT2D eigenvalue weighted by Crippen LogP contribution is 2.33. The standard InChI is InChI=1S/C26H28F3N5O2/c1-25(2,3)36-24(35)34-13-5-6-18(16-34)23-32-21(17-9-11-30-12-10-17)15-22(33-23)31-20-8-4-7-19(14-20)26(27,28)29/h4,7-12,14-15,18H,5-6,13,16H2,1-3H3,(H,31,32,33)/t18-/m1/s1. The Balaban J connectivity index is 1.65. The van der Waals surface area contributed by atoms with Crippen molar-refractivity contribution in [3.8, 4) is 11.3 Å². The Morgan fingerprint density at radius 2 is 1.83 bits per heavy atom. The fourth-order valence-corrected chi connectivity index (χ4v) is 3.98. The monoisotopic (exact) mass is 499 g/mol. The predicted octanol–water partition coefficient (Wildman–Crippen LogP) is 6.42. The van der Waals surface area contributed by atoms with Gasteiger partial charge in [-0.15, -0.1) is 0 Å². The third-order valence-electron chi connectivity index (χ3n) is 5.62. The summed E-state index contributed by atoms with van der Waals surface area (Å²) in [5.41, 5.74) is 0.293. The summed E-state index contributed by atoms with van der Waals surface area (Å²) in [6, 6.07) is 10.2. The van der Waals surface area contributed by atoms with Gasteiger partial charge in [0.2, 0.25) is 0 Å². The van der Waals surface area contributed by atoms with Crippen molar-refractivity contribution in [2.75, 3.05) is 18.4 Å². The Hall–Kier alpha value is -3.69. The normalized spacial score (nSPS) is 16.5. The maximum Gasteiger partial charge on any atom is 0.416 e. The number of ether oxygens (including phenoxy) is 1. The number of carbonyl (C=O) groups is 1. The van der Waals surface area contributed by atoms with Crippen molar-refractivity contribution < 1.29 is 22.7 Å². The van der Waals surface area contributed by atoms with Crippen LogP contribution in [0.15, 0.2) is 54.9 Å². The Morgan fingerprint density at radius 1 is 1.08 bits per heavy atom. The average Bonchev–Trinajstić information content (AvgIpc) is 2.83. The molecule has 4 rings (SSSR count). The van der Waals surface area contributed by atoms with Crippen LogP contribution in [0.2, 0.25) is 0 Å². The summed E-state index contributed by atoms with van der Waals surface area (Å²) in [5, 5.41) is 3.00. The third-order valence-corrected chi connectivity index (χ3v) is 5.62. The molecular formula is C26H28F3N5O2. The Morgan fingerprint density at radius 3 is 2.53 bits per heavy atom. The second-order valence-corrected chi connectivity index (χ2v) is 9.70. The molecule has 1 aliphatic heterocycles. The number of pyridine rings is 1. The second kappa shape index (κ2) is 10.1. The summed E-state index contributed by atoms with van der Waals surface area (Å²) in [4.78, 5) is 27.7. The Labute approximate surface area is 207 Å². The van der Waals surface area contributed by atoms with Crippen molar-refractivity contribution in [2.45, 2.75) is 51.3 Å². The molecule has 0 radical (unpaired) electrons. The lowest BCUT2D eigenvalue weighted by Gasteiger charge is -2.33. The van der Waals surface area contributed by atoms with Crippen molar-refractivity contribution in [3.05, 3.63) is 66.2 Å². The van der Waals surface area contributed by atoms with Crippen LogP contribution in [0.1, 0.15) is 50.9 Å². The summed E-state index contributed by atoms with van der Waals surface area (Å²) < 4.78 is 45.1. The van der Waals surface area contributed by atoms with Crippen LogP contribution in [0.25, 0.3) is 11.3 Å². The summed E-state index contributed by atoms with van der Waals surface area (Å²) in [6.45, 7) is 6.42. The number of hydrogen-bond acceptors (Lipinski definition) is 6. The third kappa shape index (κ3) is 6.50. The van der Waals surface area contributed by atoms with Gasteiger partial charge in [-0.05, 0) is 63.9 Å². The molecule has 1 aliphatic rings. The van der Waals surface area contributed by atoms with Crippen LogP contribution in [0, 0.1) is 0 Å². The molecule has 1 atom stereocenters. The van der Waals surface area contributed by atoms with Crippen molar-refractivity contribution in [3.63, 3.8) is 0 Å². The van der Waals surface area contributed by atoms with Crippen LogP contribution in [0.4, 0.5) is 29.5 Å². The minimum absolute atomic E-state index is 0.157. The van der Waals surface area contributed by atoms with E-state index in [-0.39, 0.29) is 17.7 Å². The molecule has 1 aromatic carbocycles. The maximum absolute atomic E-state index is 13.2. The molecule has 1 N–H and O–H groups in total. The number of likely N-dealkylation sites (tertiary alicyclic amines) is 1. The highest BCUT2D eigenvalue weighted by Gasteiger charge is 2.31. The van der Waals surface area contributed by atoms with Gasteiger partial charge in [0.05, 0.1) is 11.3 Å². The SMILES string of the molecule is CC(C)(C)OC(=O)N1CCC[C@@H](c2nc(Nc3cccc(C(F)(F)F)c3)cc(-c3ccncc3)n2)C1. The molecule has 7 nitrogen and oxygen atoms in total. The summed E-state index contributed by atoms with van der Waals surface area (Å²) in [6.07, 6.45) is -0.0429. The van der Waals surface area contributed by atoms with E-state index >= 15 is 0 Å². The topological polar surface area (TPSA) is 80.2 Å². The number of nitrogens with zero attached hydrogens (tertiary/aromatic N) is 4. The predicted molar refractivity (Wildman–Crippen MR) is 130 cm³/mol. The van der Waals surface area contributed by atoms with E-state index in [1.807, 2.05) is 20.8 Å². The zero-order valence-corrected chi connectivity index (χ0v) is 20.3. The largest absolute Gasteiger partial charge is 0.444 e. The zero-order valence-electron chi connectivity index (χ0n) is 20.3. The van der Waals surface area contributed by atoms with E-state index in [0.29, 0.717) is 30.4 Å². The minimum atomic E-state index is -4.45. The molecule has 3 aromatic rings. The molecule has 2 aromatic heterocycles. The number of alkyl halides is 3. The summed E-state index contributed by atoms with van der Waals surface area (Å²) >= 11 is 0. The molecule has 1 saturated heterocycles. The van der Waals surface area contributed by atoms with Crippen molar-refractivity contribution in [2.24, 2.45) is 0 Å². The van der Waals surface area contributed by atoms with Gasteiger partial charge in [0.1, 0.15) is 17.2 Å². The number of piperidine rings is 1. The number of anilines is 2. The van der Waals surface area contributed by atoms with Gasteiger partial charge in [-0.2, -0.15) is 13.2 Å². The quantitative estimate of drug-likeness (QED) is 0.447. The molecule has 0 aliphatic carbocycles. The lowest BCUT2D eigenvalue weighted by atomic mass is 9.97. The molecule has 10 heteroatoms. The van der Waals surface area contributed by atoms with Gasteiger partial charge in [-0.3, -0.25) is 4.98 Å². The van der Waals surface area contributed by atoms with Gasteiger partial charge in [-0.25, -0.2) is 14.8 Å². The van der Waals surface area contributed by atoms with Gasteiger partial charge >= 0.3 is 12.3 Å². The number of amides is 1. The number of halogens is 3. The highest BCUT2D eigenvalue weighted by molar-refractivity contribution is 5.68. The number of benzene rings is 1. The number of hydrogen-bond donors (Lipinski definition) is 1. The van der Waals surface area contributed by atoms with E-state index in [9.17, 15) is 18.0 Å². The first-order chi connectivity index (χ1) is 17.0. The van der Waals surface area contributed by atoms with E-state index in [1.165, 1.54) is 6.07 Å². The lowest BCUT2D eigenvalue weighted by Crippen LogP contribution is -2.42. The zero-order chi connectivity index (χ0) is 25.9. The molecule has 0 bridgehead atoms. The van der Waals surface area contributed by atoms with Gasteiger partial charge < -0.3 is 15.0 Å². The van der Waals surface area contributed by atoms with Gasteiger partial charge in [0.25, 0.3) is 0 Å². The molecule has 0 spiro atoms. The number of carbonyl (C=O) groups excluding carboxylic acids is 1. The minimum Gasteiger partial charge on any atom is -0.444 e. The summed E-state index contributed by atoms with van der Waals surface area (Å²) in [5.74, 6) is 0.711. The smallest absolute Gasteiger partial charge is 0.416 e. The number of nitrogens with one attached hydrogen (secondary N) is 1. The summed E-state index contributed by atoms with van der Waals surface area (Å²) in [7, 11) is 0. The van der Waals surface area contributed by atoms with E-state index < -0.39 is 17.3 Å². The fraction of sp³-hybridized carbons (Fsp3) is 0.385. The first kappa shape index (κ1) is 25.4. The van der Waals surface area contributed by atoms with Crippen molar-refractivity contribution >= 4 is 17.6 Å². The highest BCUT2D eigenvalue weighted by atomic mass is 19.4. The van der Waals surface area contributed by atoms with E-state index in [2.05, 4.69) is 15.3 Å². The van der Waals surface area contributed by atoms with E-state index in [4.69, 9.17) is 9.72 Å². The van der Waals surface area contributed by atoms with E-state index in [1.54, 1.807) is 41.6 Å². The molecule has 0 unspecified atom stereocenters. The van der Waals surface area contributed by atoms with Crippen LogP contribution in [0.5, 0.6) is 0 Å². The maximum atomic E-state index is 13.2. The van der Waals surface area contributed by atoms with Gasteiger partial charge in [0.15, 0.2) is 0 Å². The molecular weight excluding hydrogens is 471 g/mol. The molecule has 1 fully saturated rings. The fourth-order valence-electron chi connectivity index (χ4n) is 3.98. The van der Waals surface area contributed by atoms with Crippen LogP contribution < -0.4 is 5.32 Å².